The van der Waals surface area contributed by atoms with E-state index in [1.165, 1.54) is 0 Å². The van der Waals surface area contributed by atoms with E-state index in [2.05, 4.69) is 9.97 Å². The summed E-state index contributed by atoms with van der Waals surface area (Å²) in [4.78, 5) is 12.0. The van der Waals surface area contributed by atoms with Crippen molar-refractivity contribution in [1.82, 2.24) is 19.7 Å². The number of imidazole rings is 1. The highest BCUT2D eigenvalue weighted by Gasteiger charge is 2.46. The Morgan fingerprint density at radius 3 is 2.29 bits per heavy atom. The van der Waals surface area contributed by atoms with E-state index in [0.29, 0.717) is 17.2 Å². The van der Waals surface area contributed by atoms with Crippen molar-refractivity contribution in [3.8, 4) is 28.3 Å². The number of ether oxygens (including phenoxy) is 1. The number of pyridine rings is 1. The Morgan fingerprint density at radius 1 is 0.971 bits per heavy atom. The van der Waals surface area contributed by atoms with Gasteiger partial charge in [-0.15, -0.1) is 0 Å². The van der Waals surface area contributed by atoms with Crippen LogP contribution in [-0.2, 0) is 15.4 Å². The van der Waals surface area contributed by atoms with E-state index < -0.39 is 27.5 Å². The zero-order valence-corrected chi connectivity index (χ0v) is 20.0. The van der Waals surface area contributed by atoms with Gasteiger partial charge in [0, 0.05) is 35.5 Å². The van der Waals surface area contributed by atoms with Crippen molar-refractivity contribution in [1.29, 1.82) is 0 Å². The summed E-state index contributed by atoms with van der Waals surface area (Å²) in [5.74, 6) is 1.06. The van der Waals surface area contributed by atoms with Gasteiger partial charge in [0.05, 0.1) is 18.5 Å². The van der Waals surface area contributed by atoms with Crippen molar-refractivity contribution in [3.63, 3.8) is 0 Å². The fraction of sp³-hybridized carbons (Fsp3) is 0.250. The third-order valence-electron chi connectivity index (χ3n) is 5.64. The Labute approximate surface area is 200 Å². The molecule has 4 aromatic rings. The van der Waals surface area contributed by atoms with Gasteiger partial charge in [-0.3, -0.25) is 4.98 Å². The Hall–Kier alpha value is -3.44. The maximum Gasteiger partial charge on any atom is 0.511 e. The summed E-state index contributed by atoms with van der Waals surface area (Å²) in [6.07, 6.45) is 3.24. The molecule has 4 rings (SSSR count). The lowest BCUT2D eigenvalue weighted by molar-refractivity contribution is -0.0448. The normalized spacial score (nSPS) is 12.7. The highest BCUT2D eigenvalue weighted by atomic mass is 32.2. The quantitative estimate of drug-likeness (QED) is 0.369. The summed E-state index contributed by atoms with van der Waals surface area (Å²) in [6, 6.07) is 15.0. The molecule has 0 fully saturated rings. The van der Waals surface area contributed by atoms with Crippen LogP contribution in [0.1, 0.15) is 19.7 Å². The minimum Gasteiger partial charge on any atom is -0.497 e. The molecular weight excluding hydrogens is 481 g/mol. The number of fused-ring (bicyclic) bond motifs is 1. The standard InChI is InChI=1S/C24H23F3N4O3S/c1-23(2,14-29-35(32,33)24(25,26)27)22-30-20(15-8-10-28-11-9-15)21(31-22)18-5-4-17-13-19(34-3)7-6-16(17)12-18/h4-13,29H,14H2,1-3H3,(H,30,31). The second kappa shape index (κ2) is 8.97. The molecule has 35 heavy (non-hydrogen) atoms. The molecule has 0 saturated heterocycles. The lowest BCUT2D eigenvalue weighted by Gasteiger charge is -2.23. The number of aromatic nitrogens is 3. The van der Waals surface area contributed by atoms with E-state index in [0.717, 1.165) is 27.6 Å². The number of sulfonamides is 1. The molecular formula is C24H23F3N4O3S. The van der Waals surface area contributed by atoms with Gasteiger partial charge < -0.3 is 9.72 Å². The Balaban J connectivity index is 1.78. The van der Waals surface area contributed by atoms with E-state index in [1.807, 2.05) is 36.4 Å². The number of methoxy groups -OCH3 is 1. The second-order valence-electron chi connectivity index (χ2n) is 8.63. The molecule has 0 aliphatic carbocycles. The molecule has 7 nitrogen and oxygen atoms in total. The molecule has 0 radical (unpaired) electrons. The van der Waals surface area contributed by atoms with E-state index in [1.54, 1.807) is 50.2 Å². The number of H-pyrrole nitrogens is 1. The predicted octanol–water partition coefficient (Wildman–Crippen LogP) is 5.02. The van der Waals surface area contributed by atoms with Crippen LogP contribution in [0.25, 0.3) is 33.3 Å². The molecule has 0 unspecified atom stereocenters. The third-order valence-corrected chi connectivity index (χ3v) is 6.78. The maximum atomic E-state index is 12.8. The fourth-order valence-corrected chi connectivity index (χ4v) is 4.28. The van der Waals surface area contributed by atoms with Crippen LogP contribution in [0.5, 0.6) is 5.75 Å². The molecule has 0 bridgehead atoms. The SMILES string of the molecule is COc1ccc2cc(-c3nc(C(C)(C)CNS(=O)(=O)C(F)(F)F)[nH]c3-c3ccncc3)ccc2c1. The van der Waals surface area contributed by atoms with Gasteiger partial charge in [-0.2, -0.15) is 13.2 Å². The lowest BCUT2D eigenvalue weighted by atomic mass is 9.93. The van der Waals surface area contributed by atoms with Gasteiger partial charge in [0.1, 0.15) is 11.6 Å². The molecule has 2 N–H and O–H groups in total. The molecule has 0 aliphatic rings. The van der Waals surface area contributed by atoms with Crippen LogP contribution in [-0.4, -0.2) is 42.5 Å². The Bertz CT molecular complexity index is 1470. The number of hydrogen-bond acceptors (Lipinski definition) is 5. The lowest BCUT2D eigenvalue weighted by Crippen LogP contribution is -2.43. The van der Waals surface area contributed by atoms with Gasteiger partial charge >= 0.3 is 15.5 Å². The largest absolute Gasteiger partial charge is 0.511 e. The van der Waals surface area contributed by atoms with Crippen LogP contribution in [0.15, 0.2) is 60.9 Å². The van der Waals surface area contributed by atoms with Gasteiger partial charge in [0.2, 0.25) is 0 Å². The Kier molecular flexibility index (Phi) is 6.32. The first-order valence-electron chi connectivity index (χ1n) is 10.6. The predicted molar refractivity (Wildman–Crippen MR) is 127 cm³/mol. The van der Waals surface area contributed by atoms with Crippen LogP contribution in [0, 0.1) is 0 Å². The minimum absolute atomic E-state index is 0.332. The van der Waals surface area contributed by atoms with Crippen molar-refractivity contribution >= 4 is 20.8 Å². The molecule has 2 heterocycles. The molecule has 2 aromatic carbocycles. The molecule has 0 amide bonds. The topological polar surface area (TPSA) is 97.0 Å². The summed E-state index contributed by atoms with van der Waals surface area (Å²) in [6.45, 7) is 2.71. The molecule has 184 valence electrons. The van der Waals surface area contributed by atoms with Crippen molar-refractivity contribution in [2.45, 2.75) is 24.8 Å². The number of halogens is 3. The summed E-state index contributed by atoms with van der Waals surface area (Å²) in [5, 5.41) is 1.92. The van der Waals surface area contributed by atoms with Crippen LogP contribution in [0.2, 0.25) is 0 Å². The Morgan fingerprint density at radius 2 is 1.63 bits per heavy atom. The van der Waals surface area contributed by atoms with Gasteiger partial charge in [0.15, 0.2) is 0 Å². The first-order valence-corrected chi connectivity index (χ1v) is 12.0. The molecule has 2 aromatic heterocycles. The van der Waals surface area contributed by atoms with Gasteiger partial charge in [0.25, 0.3) is 0 Å². The molecule has 0 aliphatic heterocycles. The van der Waals surface area contributed by atoms with Gasteiger partial charge in [-0.1, -0.05) is 32.0 Å². The van der Waals surface area contributed by atoms with Crippen LogP contribution < -0.4 is 9.46 Å². The van der Waals surface area contributed by atoms with Crippen molar-refractivity contribution in [2.75, 3.05) is 13.7 Å². The number of nitrogens with one attached hydrogen (secondary N) is 2. The van der Waals surface area contributed by atoms with Crippen LogP contribution >= 0.6 is 0 Å². The number of nitrogens with zero attached hydrogens (tertiary/aromatic N) is 2. The molecule has 0 atom stereocenters. The maximum absolute atomic E-state index is 12.8. The van der Waals surface area contributed by atoms with E-state index in [4.69, 9.17) is 9.72 Å². The first-order chi connectivity index (χ1) is 16.4. The number of alkyl halides is 3. The van der Waals surface area contributed by atoms with Gasteiger partial charge in [-0.25, -0.2) is 18.1 Å². The van der Waals surface area contributed by atoms with Crippen molar-refractivity contribution < 1.29 is 26.3 Å². The number of rotatable bonds is 7. The zero-order chi connectivity index (χ0) is 25.4. The highest BCUT2D eigenvalue weighted by Crippen LogP contribution is 2.35. The number of benzene rings is 2. The first kappa shape index (κ1) is 24.7. The third kappa shape index (κ3) is 5.01. The summed E-state index contributed by atoms with van der Waals surface area (Å²) in [7, 11) is -3.89. The van der Waals surface area contributed by atoms with E-state index >= 15 is 0 Å². The van der Waals surface area contributed by atoms with E-state index in [-0.39, 0.29) is 0 Å². The molecule has 0 saturated carbocycles. The number of hydrogen-bond donors (Lipinski definition) is 2. The molecule has 11 heteroatoms. The van der Waals surface area contributed by atoms with Gasteiger partial charge in [-0.05, 0) is 41.1 Å². The minimum atomic E-state index is -5.49. The molecule has 0 spiro atoms. The average Bonchev–Trinajstić information content (AvgIpc) is 3.29. The summed E-state index contributed by atoms with van der Waals surface area (Å²) >= 11 is 0. The van der Waals surface area contributed by atoms with Crippen molar-refractivity contribution in [2.24, 2.45) is 0 Å². The number of aromatic amines is 1. The smallest absolute Gasteiger partial charge is 0.497 e. The summed E-state index contributed by atoms with van der Waals surface area (Å²) < 4.78 is 68.4. The average molecular weight is 505 g/mol. The second-order valence-corrected chi connectivity index (χ2v) is 10.4. The highest BCUT2D eigenvalue weighted by molar-refractivity contribution is 7.90. The van der Waals surface area contributed by atoms with Crippen LogP contribution in [0.4, 0.5) is 13.2 Å². The van der Waals surface area contributed by atoms with Crippen LogP contribution in [0.3, 0.4) is 0 Å². The fourth-order valence-electron chi connectivity index (χ4n) is 3.57. The zero-order valence-electron chi connectivity index (χ0n) is 19.1. The van der Waals surface area contributed by atoms with E-state index in [9.17, 15) is 21.6 Å². The van der Waals surface area contributed by atoms with Crippen molar-refractivity contribution in [3.05, 3.63) is 66.7 Å². The summed E-state index contributed by atoms with van der Waals surface area (Å²) in [5.41, 5.74) is -3.70. The monoisotopic (exact) mass is 504 g/mol.